The molecule has 1 heterocycles. The van der Waals surface area contributed by atoms with Gasteiger partial charge in [-0.2, -0.15) is 0 Å². The minimum absolute atomic E-state index is 0. The van der Waals surface area contributed by atoms with Crippen molar-refractivity contribution < 1.29 is 35.3 Å². The predicted octanol–water partition coefficient (Wildman–Crippen LogP) is 1.89. The monoisotopic (exact) mass is 560 g/mol. The molecule has 19 heavy (non-hydrogen) atoms. The summed E-state index contributed by atoms with van der Waals surface area (Å²) in [7, 11) is -1.24. The van der Waals surface area contributed by atoms with E-state index in [9.17, 15) is 4.21 Å². The average molecular weight is 561 g/mol. The Kier molecular flexibility index (Phi) is 7.00. The summed E-state index contributed by atoms with van der Waals surface area (Å²) in [6.45, 7) is 0. The van der Waals surface area contributed by atoms with Crippen LogP contribution in [0.5, 0.6) is 0 Å². The molecule has 2 aromatic rings. The Bertz CT molecular complexity index is 662. The fourth-order valence-electron chi connectivity index (χ4n) is 1.27. The molecule has 0 aliphatic carbocycles. The summed E-state index contributed by atoms with van der Waals surface area (Å²) in [6.07, 6.45) is 5.54. The zero-order valence-corrected chi connectivity index (χ0v) is 16.4. The molecule has 1 aromatic carbocycles. The molecule has 0 aliphatic rings. The normalized spacial score (nSPS) is 12.9. The van der Waals surface area contributed by atoms with Crippen LogP contribution < -0.4 is 0 Å². The van der Waals surface area contributed by atoms with E-state index in [1.54, 1.807) is 0 Å². The van der Waals surface area contributed by atoms with E-state index in [1.165, 1.54) is 12.6 Å². The van der Waals surface area contributed by atoms with E-state index < -0.39 is 10.8 Å². The number of halogens is 1. The molecule has 8 heteroatoms. The number of aromatic nitrogens is 2. The quantitative estimate of drug-likeness (QED) is 0.249. The first-order chi connectivity index (χ1) is 8.66. The molecular weight excluding hydrogens is 554 g/mol. The van der Waals surface area contributed by atoms with Gasteiger partial charge in [0.1, 0.15) is 6.33 Å². The van der Waals surface area contributed by atoms with Crippen LogP contribution in [-0.4, -0.2) is 32.2 Å². The Balaban J connectivity index is 0.00000180. The topological polar surface area (TPSA) is 67.6 Å². The van der Waals surface area contributed by atoms with Crippen LogP contribution in [0.3, 0.4) is 0 Å². The second-order valence-corrected chi connectivity index (χ2v) is 5.25. The Labute approximate surface area is 145 Å². The van der Waals surface area contributed by atoms with Gasteiger partial charge >= 0.3 is 31.1 Å². The van der Waals surface area contributed by atoms with Gasteiger partial charge in [0, 0.05) is 4.47 Å². The van der Waals surface area contributed by atoms with Crippen molar-refractivity contribution in [3.8, 4) is 0 Å². The third-order valence-corrected chi connectivity index (χ3v) is 2.80. The maximum absolute atomic E-state index is 10.7. The van der Waals surface area contributed by atoms with Gasteiger partial charge in [-0.25, -0.2) is 0 Å². The molecule has 0 fully saturated rings. The molecule has 0 aliphatic heterocycles. The van der Waals surface area contributed by atoms with E-state index in [2.05, 4.69) is 47.9 Å². The second kappa shape index (κ2) is 8.00. The summed E-state index contributed by atoms with van der Waals surface area (Å²) in [4.78, 5) is 8.20. The Morgan fingerprint density at radius 1 is 1.32 bits per heavy atom. The predicted molar refractivity (Wildman–Crippen MR) is 75.3 cm³/mol. The van der Waals surface area contributed by atoms with E-state index >= 15 is 0 Å². The molecule has 94 valence electrons. The van der Waals surface area contributed by atoms with Crippen molar-refractivity contribution in [2.75, 3.05) is 6.26 Å². The van der Waals surface area contributed by atoms with Crippen LogP contribution in [0.15, 0.2) is 39.2 Å². The molecule has 1 unspecified atom stereocenters. The first kappa shape index (κ1) is 16.6. The van der Waals surface area contributed by atoms with E-state index in [0.29, 0.717) is 5.69 Å². The van der Waals surface area contributed by atoms with Crippen molar-refractivity contribution in [1.29, 1.82) is 0 Å². The molecule has 0 amide bonds. The van der Waals surface area contributed by atoms with Crippen molar-refractivity contribution in [2.45, 2.75) is 0 Å². The van der Waals surface area contributed by atoms with Crippen molar-refractivity contribution >= 4 is 49.4 Å². The molecule has 1 aromatic heterocycles. The van der Waals surface area contributed by atoms with Crippen LogP contribution in [0.1, 0.15) is 5.69 Å². The minimum atomic E-state index is -1.24. The molecule has 1 atom stereocenters. The van der Waals surface area contributed by atoms with Gasteiger partial charge in [0.15, 0.2) is 0 Å². The van der Waals surface area contributed by atoms with Gasteiger partial charge < -0.3 is 10.2 Å². The zero-order valence-electron chi connectivity index (χ0n) is 9.79. The molecule has 0 saturated carbocycles. The summed E-state index contributed by atoms with van der Waals surface area (Å²) in [5.41, 5.74) is 3.60. The smallest absolute Gasteiger partial charge is 0.383 e. The second-order valence-electron chi connectivity index (χ2n) is 3.24. The number of fused-ring (bicyclic) bond motifs is 1. The molecule has 0 N–H and O–H groups in total. The Morgan fingerprint density at radius 2 is 2.11 bits per heavy atom. The first-order valence-electron chi connectivity index (χ1n) is 4.82. The molecule has 0 saturated heterocycles. The summed E-state index contributed by atoms with van der Waals surface area (Å²) in [5.74, 6) is 0. The Hall–Kier alpha value is -0.418. The average Bonchev–Trinajstić information content (AvgIpc) is 2.34. The van der Waals surface area contributed by atoms with Crippen molar-refractivity contribution in [3.63, 3.8) is 0 Å². The summed E-state index contributed by atoms with van der Waals surface area (Å²) in [6, 6.07) is 5.63. The van der Waals surface area contributed by atoms with Crippen LogP contribution in [-0.2, 0) is 10.8 Å². The van der Waals surface area contributed by atoms with Crippen LogP contribution in [0.2, 0.25) is 0 Å². The standard InChI is InChI=1S/C11H7BrN4OS.U/c1-18(17)7-16-15-5-11-9-4-8(12)2-3-10(9)13-6-14-11;/h2-4,6H,1H3;/q-2;+2. The van der Waals surface area contributed by atoms with Crippen LogP contribution >= 0.6 is 15.9 Å². The van der Waals surface area contributed by atoms with E-state index in [-0.39, 0.29) is 31.1 Å². The van der Waals surface area contributed by atoms with Gasteiger partial charge in [-0.15, -0.1) is 22.3 Å². The van der Waals surface area contributed by atoms with Gasteiger partial charge in [-0.05, 0) is 17.8 Å². The summed E-state index contributed by atoms with van der Waals surface area (Å²) < 4.78 is 11.6. The number of hydrogen-bond donors (Lipinski definition) is 0. The molecular formula is C11H7BrN4OSU. The largest absolute Gasteiger partial charge is 2.00 e. The Morgan fingerprint density at radius 3 is 2.84 bits per heavy atom. The van der Waals surface area contributed by atoms with Crippen molar-refractivity contribution in [3.05, 3.63) is 34.7 Å². The van der Waals surface area contributed by atoms with Crippen LogP contribution in [0.4, 0.5) is 0 Å². The first-order valence-corrected chi connectivity index (χ1v) is 7.17. The van der Waals surface area contributed by atoms with E-state index in [4.69, 9.17) is 0 Å². The SMILES string of the molecule is CS(=O)[C-]=NN=[C-]c1ncnc2ccc(Br)cc12.[U+2]. The number of nitrogens with zero attached hydrogens (tertiary/aromatic N) is 4. The van der Waals surface area contributed by atoms with Crippen LogP contribution in [0, 0.1) is 31.1 Å². The van der Waals surface area contributed by atoms with Gasteiger partial charge in [-0.1, -0.05) is 33.9 Å². The molecule has 0 bridgehead atoms. The van der Waals surface area contributed by atoms with Crippen molar-refractivity contribution in [2.24, 2.45) is 10.2 Å². The molecule has 5 nitrogen and oxygen atoms in total. The number of benzene rings is 1. The van der Waals surface area contributed by atoms with Gasteiger partial charge in [-0.3, -0.25) is 19.7 Å². The van der Waals surface area contributed by atoms with Crippen LogP contribution in [0.25, 0.3) is 10.9 Å². The van der Waals surface area contributed by atoms with E-state index in [0.717, 1.165) is 15.4 Å². The maximum Gasteiger partial charge on any atom is 2.00 e. The summed E-state index contributed by atoms with van der Waals surface area (Å²) >= 11 is 3.38. The number of rotatable bonds is 3. The van der Waals surface area contributed by atoms with Gasteiger partial charge in [0.25, 0.3) is 0 Å². The zero-order chi connectivity index (χ0) is 13.0. The fraction of sp³-hybridized carbons (Fsp3) is 0.0909. The van der Waals surface area contributed by atoms with Crippen molar-refractivity contribution in [1.82, 2.24) is 9.97 Å². The third kappa shape index (κ3) is 4.88. The number of hydrogen-bond acceptors (Lipinski definition) is 5. The summed E-state index contributed by atoms with van der Waals surface area (Å²) in [5, 5.41) is 7.92. The van der Waals surface area contributed by atoms with Gasteiger partial charge in [0.2, 0.25) is 0 Å². The molecule has 2 rings (SSSR count). The third-order valence-electron chi connectivity index (χ3n) is 1.97. The fourth-order valence-corrected chi connectivity index (χ4v) is 1.79. The maximum atomic E-state index is 10.7. The molecule has 0 spiro atoms. The minimum Gasteiger partial charge on any atom is -0.383 e. The van der Waals surface area contributed by atoms with E-state index in [1.807, 2.05) is 18.2 Å². The van der Waals surface area contributed by atoms with Gasteiger partial charge in [0.05, 0.1) is 0 Å². The molecule has 0 radical (unpaired) electrons.